The van der Waals surface area contributed by atoms with E-state index in [9.17, 15) is 0 Å². The average Bonchev–Trinajstić information content (AvgIpc) is 2.78. The molecule has 98 valence electrons. The standard InChI is InChI=1S/C11H22N4OS/c1-3-17-8-4-6-15-10-13-11(14-15)9-12-5-7-16-2/h10,12H,3-9H2,1-2H3. The van der Waals surface area contributed by atoms with E-state index in [2.05, 4.69) is 22.3 Å². The molecular weight excluding hydrogens is 236 g/mol. The minimum absolute atomic E-state index is 0.708. The van der Waals surface area contributed by atoms with Crippen LogP contribution in [0.15, 0.2) is 6.33 Å². The first kappa shape index (κ1) is 14.5. The fourth-order valence-corrected chi connectivity index (χ4v) is 1.99. The summed E-state index contributed by atoms with van der Waals surface area (Å²) < 4.78 is 6.87. The first-order valence-corrected chi connectivity index (χ1v) is 7.18. The summed E-state index contributed by atoms with van der Waals surface area (Å²) in [5.41, 5.74) is 0. The molecule has 0 amide bonds. The van der Waals surface area contributed by atoms with E-state index >= 15 is 0 Å². The highest BCUT2D eigenvalue weighted by molar-refractivity contribution is 7.99. The summed E-state index contributed by atoms with van der Waals surface area (Å²) in [6.07, 6.45) is 2.96. The lowest BCUT2D eigenvalue weighted by atomic mass is 10.5. The van der Waals surface area contributed by atoms with Gasteiger partial charge in [0.25, 0.3) is 0 Å². The molecule has 1 aromatic heterocycles. The van der Waals surface area contributed by atoms with Crippen LogP contribution >= 0.6 is 11.8 Å². The first-order valence-electron chi connectivity index (χ1n) is 6.02. The van der Waals surface area contributed by atoms with Crippen LogP contribution in [0.4, 0.5) is 0 Å². The van der Waals surface area contributed by atoms with Gasteiger partial charge in [0.1, 0.15) is 6.33 Å². The molecule has 1 rings (SSSR count). The molecule has 0 aliphatic carbocycles. The van der Waals surface area contributed by atoms with Crippen LogP contribution in [0.3, 0.4) is 0 Å². The van der Waals surface area contributed by atoms with Crippen molar-refractivity contribution in [3.8, 4) is 0 Å². The van der Waals surface area contributed by atoms with Crippen LogP contribution in [0.1, 0.15) is 19.2 Å². The van der Waals surface area contributed by atoms with Crippen LogP contribution < -0.4 is 5.32 Å². The molecule has 0 radical (unpaired) electrons. The van der Waals surface area contributed by atoms with Gasteiger partial charge in [-0.15, -0.1) is 0 Å². The Labute approximate surface area is 107 Å². The molecule has 1 heterocycles. The van der Waals surface area contributed by atoms with Crippen molar-refractivity contribution in [2.24, 2.45) is 0 Å². The van der Waals surface area contributed by atoms with Gasteiger partial charge in [-0.25, -0.2) is 4.98 Å². The number of hydrogen-bond donors (Lipinski definition) is 1. The highest BCUT2D eigenvalue weighted by atomic mass is 32.2. The second-order valence-corrected chi connectivity index (χ2v) is 5.04. The van der Waals surface area contributed by atoms with Gasteiger partial charge in [0.05, 0.1) is 13.2 Å². The summed E-state index contributed by atoms with van der Waals surface area (Å²) in [6, 6.07) is 0. The van der Waals surface area contributed by atoms with E-state index in [1.807, 2.05) is 22.8 Å². The van der Waals surface area contributed by atoms with Crippen molar-refractivity contribution in [1.29, 1.82) is 0 Å². The normalized spacial score (nSPS) is 10.9. The van der Waals surface area contributed by atoms with E-state index in [1.54, 1.807) is 7.11 Å². The molecule has 0 aromatic carbocycles. The van der Waals surface area contributed by atoms with Crippen molar-refractivity contribution >= 4 is 11.8 Å². The van der Waals surface area contributed by atoms with E-state index in [0.29, 0.717) is 6.54 Å². The van der Waals surface area contributed by atoms with Gasteiger partial charge in [0.2, 0.25) is 0 Å². The molecule has 0 atom stereocenters. The number of aromatic nitrogens is 3. The lowest BCUT2D eigenvalue weighted by Crippen LogP contribution is -2.19. The van der Waals surface area contributed by atoms with Crippen LogP contribution in [0.2, 0.25) is 0 Å². The molecule has 1 aromatic rings. The number of methoxy groups -OCH3 is 1. The van der Waals surface area contributed by atoms with Crippen molar-refractivity contribution in [2.45, 2.75) is 26.4 Å². The SMILES string of the molecule is CCSCCCn1cnc(CNCCOC)n1. The molecule has 0 fully saturated rings. The molecule has 0 saturated heterocycles. The maximum Gasteiger partial charge on any atom is 0.164 e. The lowest BCUT2D eigenvalue weighted by molar-refractivity contribution is 0.199. The van der Waals surface area contributed by atoms with Crippen molar-refractivity contribution < 1.29 is 4.74 Å². The van der Waals surface area contributed by atoms with Crippen LogP contribution in [-0.2, 0) is 17.8 Å². The Morgan fingerprint density at radius 2 is 2.41 bits per heavy atom. The summed E-state index contributed by atoms with van der Waals surface area (Å²) in [4.78, 5) is 4.25. The van der Waals surface area contributed by atoms with Gasteiger partial charge in [-0.2, -0.15) is 16.9 Å². The fraction of sp³-hybridized carbons (Fsp3) is 0.818. The number of thioether (sulfide) groups is 1. The van der Waals surface area contributed by atoms with Crippen LogP contribution in [0.5, 0.6) is 0 Å². The predicted octanol–water partition coefficient (Wildman–Crippen LogP) is 1.16. The van der Waals surface area contributed by atoms with Crippen LogP contribution in [0.25, 0.3) is 0 Å². The molecule has 0 aliphatic heterocycles. The second-order valence-electron chi connectivity index (χ2n) is 3.64. The van der Waals surface area contributed by atoms with E-state index < -0.39 is 0 Å². The summed E-state index contributed by atoms with van der Waals surface area (Å²) >= 11 is 1.97. The van der Waals surface area contributed by atoms with Crippen molar-refractivity contribution in [2.75, 3.05) is 31.8 Å². The Kier molecular flexibility index (Phi) is 8.04. The summed E-state index contributed by atoms with van der Waals surface area (Å²) in [5.74, 6) is 3.23. The van der Waals surface area contributed by atoms with Gasteiger partial charge in [0.15, 0.2) is 5.82 Å². The smallest absolute Gasteiger partial charge is 0.164 e. The number of rotatable bonds is 10. The van der Waals surface area contributed by atoms with Crippen LogP contribution in [0, 0.1) is 0 Å². The highest BCUT2D eigenvalue weighted by Gasteiger charge is 2.00. The van der Waals surface area contributed by atoms with E-state index in [-0.39, 0.29) is 0 Å². The van der Waals surface area contributed by atoms with E-state index in [0.717, 1.165) is 31.9 Å². The summed E-state index contributed by atoms with van der Waals surface area (Å²) in [6.45, 7) is 5.40. The van der Waals surface area contributed by atoms with Gasteiger partial charge in [0, 0.05) is 20.2 Å². The zero-order chi connectivity index (χ0) is 12.3. The highest BCUT2D eigenvalue weighted by Crippen LogP contribution is 2.02. The zero-order valence-electron chi connectivity index (χ0n) is 10.7. The Morgan fingerprint density at radius 3 is 3.18 bits per heavy atom. The van der Waals surface area contributed by atoms with Crippen molar-refractivity contribution in [1.82, 2.24) is 20.1 Å². The van der Waals surface area contributed by atoms with E-state index in [1.165, 1.54) is 11.5 Å². The molecule has 6 heteroatoms. The molecule has 0 bridgehead atoms. The number of nitrogens with one attached hydrogen (secondary N) is 1. The largest absolute Gasteiger partial charge is 0.383 e. The van der Waals surface area contributed by atoms with Gasteiger partial charge in [-0.05, 0) is 17.9 Å². The molecular formula is C11H22N4OS. The predicted molar refractivity (Wildman–Crippen MR) is 71.2 cm³/mol. The minimum Gasteiger partial charge on any atom is -0.383 e. The monoisotopic (exact) mass is 258 g/mol. The van der Waals surface area contributed by atoms with Crippen LogP contribution in [-0.4, -0.2) is 46.5 Å². The summed E-state index contributed by atoms with van der Waals surface area (Å²) in [5, 5.41) is 7.62. The minimum atomic E-state index is 0.708. The maximum absolute atomic E-state index is 4.95. The molecule has 0 aliphatic rings. The van der Waals surface area contributed by atoms with Gasteiger partial charge < -0.3 is 10.1 Å². The van der Waals surface area contributed by atoms with Crippen molar-refractivity contribution in [3.63, 3.8) is 0 Å². The van der Waals surface area contributed by atoms with Crippen molar-refractivity contribution in [3.05, 3.63) is 12.2 Å². The Hall–Kier alpha value is -0.590. The molecule has 1 N–H and O–H groups in total. The third-order valence-corrected chi connectivity index (χ3v) is 3.22. The second kappa shape index (κ2) is 9.44. The van der Waals surface area contributed by atoms with E-state index in [4.69, 9.17) is 4.74 Å². The Balaban J connectivity index is 2.14. The van der Waals surface area contributed by atoms with Gasteiger partial charge in [-0.1, -0.05) is 6.92 Å². The van der Waals surface area contributed by atoms with Gasteiger partial charge >= 0.3 is 0 Å². The average molecular weight is 258 g/mol. The molecule has 0 spiro atoms. The molecule has 17 heavy (non-hydrogen) atoms. The quantitative estimate of drug-likeness (QED) is 0.638. The first-order chi connectivity index (χ1) is 8.36. The Bertz CT molecular complexity index is 266. The third-order valence-electron chi connectivity index (χ3n) is 2.23. The summed E-state index contributed by atoms with van der Waals surface area (Å²) in [7, 11) is 1.70. The number of hydrogen-bond acceptors (Lipinski definition) is 5. The zero-order valence-corrected chi connectivity index (χ0v) is 11.5. The third kappa shape index (κ3) is 6.65. The molecule has 0 saturated carbocycles. The maximum atomic E-state index is 4.95. The van der Waals surface area contributed by atoms with Gasteiger partial charge in [-0.3, -0.25) is 4.68 Å². The lowest BCUT2D eigenvalue weighted by Gasteiger charge is -2.01. The number of nitrogens with zero attached hydrogens (tertiary/aromatic N) is 3. The molecule has 0 unspecified atom stereocenters. The number of ether oxygens (including phenoxy) is 1. The fourth-order valence-electron chi connectivity index (χ4n) is 1.37. The number of aryl methyl sites for hydroxylation is 1. The molecule has 5 nitrogen and oxygen atoms in total. The topological polar surface area (TPSA) is 52.0 Å². The Morgan fingerprint density at radius 1 is 1.53 bits per heavy atom.